The van der Waals surface area contributed by atoms with Gasteiger partial charge in [0.15, 0.2) is 5.11 Å². The molecule has 0 bridgehead atoms. The maximum absolute atomic E-state index is 13.1. The maximum Gasteiger partial charge on any atom is 0.251 e. The van der Waals surface area contributed by atoms with E-state index in [1.165, 1.54) is 41.3 Å². The molecule has 0 aromatic heterocycles. The fraction of sp³-hybridized carbons (Fsp3) is 0.211. The highest BCUT2D eigenvalue weighted by Gasteiger charge is 2.41. The standard InChI is InChI=1S/C19H17F2N3O2S/c1-23-18(26)16(10-17(25)22-15-8-6-14(21)7-9-15)24(19(23)27)11-12-2-4-13(20)5-3-12/h2-9,16H,10-11H2,1H3,(H,22,25). The Kier molecular flexibility index (Phi) is 5.46. The summed E-state index contributed by atoms with van der Waals surface area (Å²) in [4.78, 5) is 27.8. The number of likely N-dealkylation sites (N-methyl/N-ethyl adjacent to an activating group) is 1. The molecule has 1 unspecified atom stereocenters. The van der Waals surface area contributed by atoms with Crippen LogP contribution in [0.5, 0.6) is 0 Å². The molecule has 0 radical (unpaired) electrons. The third kappa shape index (κ3) is 4.28. The summed E-state index contributed by atoms with van der Waals surface area (Å²) >= 11 is 5.32. The molecule has 3 rings (SSSR count). The van der Waals surface area contributed by atoms with Gasteiger partial charge in [0.1, 0.15) is 17.7 Å². The number of halogens is 2. The average Bonchev–Trinajstić information content (AvgIpc) is 2.83. The average molecular weight is 389 g/mol. The third-order valence-electron chi connectivity index (χ3n) is 4.30. The van der Waals surface area contributed by atoms with Gasteiger partial charge in [0.2, 0.25) is 5.91 Å². The van der Waals surface area contributed by atoms with E-state index in [1.54, 1.807) is 24.1 Å². The van der Waals surface area contributed by atoms with Crippen LogP contribution < -0.4 is 5.32 Å². The number of rotatable bonds is 5. The van der Waals surface area contributed by atoms with Gasteiger partial charge in [-0.15, -0.1) is 0 Å². The summed E-state index contributed by atoms with van der Waals surface area (Å²) in [6.45, 7) is 0.281. The Hall–Kier alpha value is -2.87. The molecule has 1 aliphatic rings. The minimum absolute atomic E-state index is 0.109. The van der Waals surface area contributed by atoms with Crippen LogP contribution in [0.4, 0.5) is 14.5 Å². The molecule has 0 saturated carbocycles. The molecule has 1 aliphatic heterocycles. The van der Waals surface area contributed by atoms with Crippen molar-refractivity contribution >= 4 is 34.8 Å². The molecule has 2 amide bonds. The molecule has 0 spiro atoms. The summed E-state index contributed by atoms with van der Waals surface area (Å²) in [5, 5.41) is 2.95. The van der Waals surface area contributed by atoms with Crippen molar-refractivity contribution in [3.8, 4) is 0 Å². The minimum atomic E-state index is -0.756. The van der Waals surface area contributed by atoms with Crippen LogP contribution in [0.1, 0.15) is 12.0 Å². The highest BCUT2D eigenvalue weighted by Crippen LogP contribution is 2.23. The summed E-state index contributed by atoms with van der Waals surface area (Å²) in [6, 6.07) is 10.5. The Morgan fingerprint density at radius 1 is 1.07 bits per heavy atom. The van der Waals surface area contributed by atoms with E-state index < -0.39 is 11.9 Å². The molecule has 1 atom stereocenters. The second kappa shape index (κ2) is 7.79. The number of thiocarbonyl (C=S) groups is 1. The number of benzene rings is 2. The predicted octanol–water partition coefficient (Wildman–Crippen LogP) is 2.92. The molecule has 1 heterocycles. The van der Waals surface area contributed by atoms with Crippen molar-refractivity contribution in [2.45, 2.75) is 19.0 Å². The van der Waals surface area contributed by atoms with Crippen molar-refractivity contribution in [2.75, 3.05) is 12.4 Å². The van der Waals surface area contributed by atoms with Crippen molar-refractivity contribution < 1.29 is 18.4 Å². The number of anilines is 1. The molecular formula is C19H17F2N3O2S. The van der Waals surface area contributed by atoms with E-state index in [4.69, 9.17) is 12.2 Å². The molecule has 0 aliphatic carbocycles. The summed E-state index contributed by atoms with van der Waals surface area (Å²) < 4.78 is 26.1. The first-order valence-corrected chi connectivity index (χ1v) is 8.64. The first-order valence-electron chi connectivity index (χ1n) is 8.23. The Morgan fingerprint density at radius 2 is 1.63 bits per heavy atom. The van der Waals surface area contributed by atoms with Crippen molar-refractivity contribution in [2.24, 2.45) is 0 Å². The van der Waals surface area contributed by atoms with Crippen LogP contribution in [0.2, 0.25) is 0 Å². The normalized spacial score (nSPS) is 16.8. The Labute approximate surface area is 160 Å². The van der Waals surface area contributed by atoms with Crippen molar-refractivity contribution in [1.82, 2.24) is 9.80 Å². The van der Waals surface area contributed by atoms with Gasteiger partial charge in [0.25, 0.3) is 5.91 Å². The quantitative estimate of drug-likeness (QED) is 0.799. The second-order valence-corrected chi connectivity index (χ2v) is 6.57. The highest BCUT2D eigenvalue weighted by molar-refractivity contribution is 7.80. The molecule has 1 saturated heterocycles. The van der Waals surface area contributed by atoms with E-state index in [2.05, 4.69) is 5.32 Å². The van der Waals surface area contributed by atoms with Gasteiger partial charge in [-0.2, -0.15) is 0 Å². The van der Waals surface area contributed by atoms with Crippen LogP contribution in [0.3, 0.4) is 0 Å². The van der Waals surface area contributed by atoms with Crippen molar-refractivity contribution in [3.05, 3.63) is 65.7 Å². The lowest BCUT2D eigenvalue weighted by Crippen LogP contribution is -2.37. The number of hydrogen-bond donors (Lipinski definition) is 1. The molecular weight excluding hydrogens is 372 g/mol. The Balaban J connectivity index is 1.72. The maximum atomic E-state index is 13.1. The summed E-state index contributed by atoms with van der Waals surface area (Å²) in [5.74, 6) is -1.43. The summed E-state index contributed by atoms with van der Waals surface area (Å²) in [5.41, 5.74) is 1.21. The van der Waals surface area contributed by atoms with Gasteiger partial charge < -0.3 is 10.2 Å². The number of nitrogens with zero attached hydrogens (tertiary/aromatic N) is 2. The summed E-state index contributed by atoms with van der Waals surface area (Å²) in [6.07, 6.45) is -0.109. The minimum Gasteiger partial charge on any atom is -0.332 e. The number of carbonyl (C=O) groups is 2. The van der Waals surface area contributed by atoms with Gasteiger partial charge in [0, 0.05) is 19.3 Å². The zero-order valence-corrected chi connectivity index (χ0v) is 15.3. The Bertz CT molecular complexity index is 872. The van der Waals surface area contributed by atoms with Gasteiger partial charge >= 0.3 is 0 Å². The van der Waals surface area contributed by atoms with Crippen molar-refractivity contribution in [3.63, 3.8) is 0 Å². The second-order valence-electron chi connectivity index (χ2n) is 6.21. The molecule has 8 heteroatoms. The Morgan fingerprint density at radius 3 is 2.22 bits per heavy atom. The SMILES string of the molecule is CN1C(=O)C(CC(=O)Nc2ccc(F)cc2)N(Cc2ccc(F)cc2)C1=S. The van der Waals surface area contributed by atoms with Crippen LogP contribution >= 0.6 is 12.2 Å². The van der Waals surface area contributed by atoms with Crippen LogP contribution in [0.25, 0.3) is 0 Å². The van der Waals surface area contributed by atoms with Gasteiger partial charge in [-0.25, -0.2) is 8.78 Å². The van der Waals surface area contributed by atoms with Crippen LogP contribution in [-0.4, -0.2) is 39.8 Å². The molecule has 5 nitrogen and oxygen atoms in total. The zero-order chi connectivity index (χ0) is 19.6. The fourth-order valence-electron chi connectivity index (χ4n) is 2.86. The highest BCUT2D eigenvalue weighted by atomic mass is 32.1. The van der Waals surface area contributed by atoms with E-state index in [9.17, 15) is 18.4 Å². The third-order valence-corrected chi connectivity index (χ3v) is 4.81. The van der Waals surface area contributed by atoms with Gasteiger partial charge in [-0.05, 0) is 54.2 Å². The fourth-order valence-corrected chi connectivity index (χ4v) is 3.14. The molecule has 2 aromatic rings. The number of hydrogen-bond acceptors (Lipinski definition) is 3. The van der Waals surface area contributed by atoms with E-state index in [-0.39, 0.29) is 30.6 Å². The van der Waals surface area contributed by atoms with Crippen LogP contribution in [0, 0.1) is 11.6 Å². The molecule has 140 valence electrons. The lowest BCUT2D eigenvalue weighted by molar-refractivity contribution is -0.130. The number of amides is 2. The monoisotopic (exact) mass is 389 g/mol. The first-order chi connectivity index (χ1) is 12.8. The van der Waals surface area contributed by atoms with Crippen molar-refractivity contribution in [1.29, 1.82) is 0 Å². The molecule has 27 heavy (non-hydrogen) atoms. The zero-order valence-electron chi connectivity index (χ0n) is 14.5. The lowest BCUT2D eigenvalue weighted by atomic mass is 10.1. The molecule has 2 aromatic carbocycles. The number of carbonyl (C=O) groups excluding carboxylic acids is 2. The largest absolute Gasteiger partial charge is 0.332 e. The summed E-state index contributed by atoms with van der Waals surface area (Å²) in [7, 11) is 1.56. The van der Waals surface area contributed by atoms with Crippen LogP contribution in [0.15, 0.2) is 48.5 Å². The first kappa shape index (κ1) is 18.9. The molecule has 1 N–H and O–H groups in total. The van der Waals surface area contributed by atoms with Gasteiger partial charge in [-0.3, -0.25) is 14.5 Å². The topological polar surface area (TPSA) is 52.7 Å². The molecule has 1 fully saturated rings. The lowest BCUT2D eigenvalue weighted by Gasteiger charge is -2.23. The van der Waals surface area contributed by atoms with Crippen LogP contribution in [-0.2, 0) is 16.1 Å². The van der Waals surface area contributed by atoms with E-state index >= 15 is 0 Å². The van der Waals surface area contributed by atoms with Gasteiger partial charge in [0.05, 0.1) is 6.42 Å². The van der Waals surface area contributed by atoms with Gasteiger partial charge in [-0.1, -0.05) is 12.1 Å². The smallest absolute Gasteiger partial charge is 0.251 e. The van der Waals surface area contributed by atoms with E-state index in [0.29, 0.717) is 10.8 Å². The van der Waals surface area contributed by atoms with E-state index in [0.717, 1.165) is 5.56 Å². The number of nitrogens with one attached hydrogen (secondary N) is 1. The van der Waals surface area contributed by atoms with E-state index in [1.807, 2.05) is 0 Å². The predicted molar refractivity (Wildman–Crippen MR) is 101 cm³/mol.